The summed E-state index contributed by atoms with van der Waals surface area (Å²) in [4.78, 5) is 10.3. The van der Waals surface area contributed by atoms with Gasteiger partial charge in [-0.3, -0.25) is 4.79 Å². The van der Waals surface area contributed by atoms with Crippen molar-refractivity contribution in [1.29, 1.82) is 0 Å². The molecule has 0 spiro atoms. The third-order valence-corrected chi connectivity index (χ3v) is 2.69. The maximum Gasteiger partial charge on any atom is 0.303 e. The van der Waals surface area contributed by atoms with Crippen molar-refractivity contribution in [1.82, 2.24) is 0 Å². The largest absolute Gasteiger partial charge is 0.481 e. The Bertz CT molecular complexity index is 229. The quantitative estimate of drug-likeness (QED) is 0.418. The number of unbranched alkanes of at least 4 members (excludes halogenated alkanes) is 6. The van der Waals surface area contributed by atoms with Crippen LogP contribution in [-0.4, -0.2) is 11.1 Å². The van der Waals surface area contributed by atoms with Crippen molar-refractivity contribution < 1.29 is 9.90 Å². The molecule has 0 aromatic rings. The molecular formula is C15H26O2. The molecule has 0 bridgehead atoms. The monoisotopic (exact) mass is 238 g/mol. The van der Waals surface area contributed by atoms with Gasteiger partial charge in [-0.25, -0.2) is 0 Å². The Kier molecular flexibility index (Phi) is 12.2. The second kappa shape index (κ2) is 13.0. The van der Waals surface area contributed by atoms with Gasteiger partial charge in [0.1, 0.15) is 0 Å². The van der Waals surface area contributed by atoms with Gasteiger partial charge in [0.05, 0.1) is 0 Å². The number of carbonyl (C=O) groups is 1. The smallest absolute Gasteiger partial charge is 0.303 e. The zero-order valence-corrected chi connectivity index (χ0v) is 11.0. The Morgan fingerprint density at radius 3 is 2.24 bits per heavy atom. The van der Waals surface area contributed by atoms with Gasteiger partial charge in [-0.1, -0.05) is 50.0 Å². The fourth-order valence-corrected chi connectivity index (χ4v) is 1.67. The minimum absolute atomic E-state index is 0.327. The summed E-state index contributed by atoms with van der Waals surface area (Å²) < 4.78 is 0. The molecule has 0 aromatic carbocycles. The van der Waals surface area contributed by atoms with Gasteiger partial charge in [0, 0.05) is 6.42 Å². The number of rotatable bonds is 11. The highest BCUT2D eigenvalue weighted by atomic mass is 16.4. The number of allylic oxidation sites excluding steroid dienone is 4. The van der Waals surface area contributed by atoms with Gasteiger partial charge in [0.2, 0.25) is 0 Å². The number of hydrogen-bond donors (Lipinski definition) is 1. The van der Waals surface area contributed by atoms with Crippen LogP contribution in [0, 0.1) is 0 Å². The molecule has 0 aliphatic carbocycles. The lowest BCUT2D eigenvalue weighted by Gasteiger charge is -1.99. The third kappa shape index (κ3) is 14.9. The minimum Gasteiger partial charge on any atom is -0.481 e. The molecule has 0 heterocycles. The van der Waals surface area contributed by atoms with E-state index in [0.717, 1.165) is 19.3 Å². The highest BCUT2D eigenvalue weighted by molar-refractivity contribution is 5.66. The van der Waals surface area contributed by atoms with E-state index in [9.17, 15) is 4.79 Å². The molecule has 0 saturated carbocycles. The molecule has 0 amide bonds. The Morgan fingerprint density at radius 2 is 1.59 bits per heavy atom. The van der Waals surface area contributed by atoms with E-state index < -0.39 is 5.97 Å². The second-order valence-corrected chi connectivity index (χ2v) is 4.33. The van der Waals surface area contributed by atoms with E-state index in [1.54, 1.807) is 0 Å². The van der Waals surface area contributed by atoms with Crippen molar-refractivity contribution in [3.8, 4) is 0 Å². The van der Waals surface area contributed by atoms with Gasteiger partial charge < -0.3 is 5.11 Å². The molecule has 0 radical (unpaired) electrons. The summed E-state index contributed by atoms with van der Waals surface area (Å²) in [5, 5.41) is 8.46. The number of hydrogen-bond acceptors (Lipinski definition) is 1. The van der Waals surface area contributed by atoms with Gasteiger partial charge >= 0.3 is 5.97 Å². The van der Waals surface area contributed by atoms with E-state index in [1.807, 2.05) is 6.92 Å². The van der Waals surface area contributed by atoms with Crippen LogP contribution in [0.25, 0.3) is 0 Å². The summed E-state index contributed by atoms with van der Waals surface area (Å²) >= 11 is 0. The molecule has 2 heteroatoms. The van der Waals surface area contributed by atoms with Crippen molar-refractivity contribution >= 4 is 5.97 Å². The molecule has 0 aromatic heterocycles. The Labute approximate surface area is 105 Å². The van der Waals surface area contributed by atoms with Crippen LogP contribution in [0.3, 0.4) is 0 Å². The normalized spacial score (nSPS) is 11.6. The first-order chi connectivity index (χ1) is 8.27. The van der Waals surface area contributed by atoms with E-state index >= 15 is 0 Å². The van der Waals surface area contributed by atoms with E-state index in [2.05, 4.69) is 24.3 Å². The first kappa shape index (κ1) is 16.0. The van der Waals surface area contributed by atoms with Crippen LogP contribution in [-0.2, 0) is 4.79 Å². The van der Waals surface area contributed by atoms with Gasteiger partial charge in [-0.15, -0.1) is 0 Å². The zero-order valence-electron chi connectivity index (χ0n) is 11.0. The summed E-state index contributed by atoms with van der Waals surface area (Å²) in [6.07, 6.45) is 18.1. The Morgan fingerprint density at radius 1 is 0.941 bits per heavy atom. The van der Waals surface area contributed by atoms with Crippen LogP contribution in [0.1, 0.15) is 64.7 Å². The van der Waals surface area contributed by atoms with Gasteiger partial charge in [0.25, 0.3) is 0 Å². The topological polar surface area (TPSA) is 37.3 Å². The summed E-state index contributed by atoms with van der Waals surface area (Å²) in [7, 11) is 0. The summed E-state index contributed by atoms with van der Waals surface area (Å²) in [5.74, 6) is -0.670. The predicted octanol–water partition coefficient (Wildman–Crippen LogP) is 4.71. The molecule has 0 aliphatic heterocycles. The van der Waals surface area contributed by atoms with Crippen molar-refractivity contribution in [2.45, 2.75) is 64.7 Å². The average Bonchev–Trinajstić information content (AvgIpc) is 2.30. The van der Waals surface area contributed by atoms with Crippen molar-refractivity contribution in [3.63, 3.8) is 0 Å². The molecule has 98 valence electrons. The van der Waals surface area contributed by atoms with Crippen LogP contribution in [0.2, 0.25) is 0 Å². The maximum absolute atomic E-state index is 10.3. The molecule has 0 aliphatic rings. The molecule has 0 saturated heterocycles. The SMILES string of the molecule is CC=CCC=CCCCCCCCCC(=O)O. The number of carboxylic acids is 1. The first-order valence-electron chi connectivity index (χ1n) is 6.75. The standard InChI is InChI=1S/C15H26O2/c1-2-3-4-5-6-7-8-9-10-11-12-13-14-15(16)17/h2-3,5-6H,4,7-14H2,1H3,(H,16,17). The highest BCUT2D eigenvalue weighted by Gasteiger charge is 1.95. The van der Waals surface area contributed by atoms with Gasteiger partial charge in [0.15, 0.2) is 0 Å². The minimum atomic E-state index is -0.670. The Balaban J connectivity index is 3.08. The molecule has 1 N–H and O–H groups in total. The Hall–Kier alpha value is -1.05. The van der Waals surface area contributed by atoms with Crippen molar-refractivity contribution in [3.05, 3.63) is 24.3 Å². The molecule has 0 atom stereocenters. The van der Waals surface area contributed by atoms with E-state index in [1.165, 1.54) is 32.1 Å². The molecule has 0 unspecified atom stereocenters. The third-order valence-electron chi connectivity index (χ3n) is 2.69. The molecule has 0 fully saturated rings. The highest BCUT2D eigenvalue weighted by Crippen LogP contribution is 2.09. The van der Waals surface area contributed by atoms with Gasteiger partial charge in [-0.05, 0) is 32.6 Å². The lowest BCUT2D eigenvalue weighted by molar-refractivity contribution is -0.137. The van der Waals surface area contributed by atoms with Crippen molar-refractivity contribution in [2.24, 2.45) is 0 Å². The molecule has 2 nitrogen and oxygen atoms in total. The van der Waals surface area contributed by atoms with Crippen LogP contribution >= 0.6 is 0 Å². The number of aliphatic carboxylic acids is 1. The summed E-state index contributed by atoms with van der Waals surface area (Å²) in [6.45, 7) is 2.04. The maximum atomic E-state index is 10.3. The van der Waals surface area contributed by atoms with Crippen LogP contribution in [0.5, 0.6) is 0 Å². The lowest BCUT2D eigenvalue weighted by atomic mass is 10.1. The predicted molar refractivity (Wildman–Crippen MR) is 73.1 cm³/mol. The van der Waals surface area contributed by atoms with Crippen LogP contribution in [0.4, 0.5) is 0 Å². The van der Waals surface area contributed by atoms with Gasteiger partial charge in [-0.2, -0.15) is 0 Å². The average molecular weight is 238 g/mol. The zero-order chi connectivity index (χ0) is 12.8. The number of carboxylic acid groups (broad SMARTS) is 1. The molecule has 17 heavy (non-hydrogen) atoms. The molecule has 0 rings (SSSR count). The van der Waals surface area contributed by atoms with E-state index in [-0.39, 0.29) is 0 Å². The first-order valence-corrected chi connectivity index (χ1v) is 6.75. The fourth-order valence-electron chi connectivity index (χ4n) is 1.67. The molecular weight excluding hydrogens is 212 g/mol. The second-order valence-electron chi connectivity index (χ2n) is 4.33. The summed E-state index contributed by atoms with van der Waals surface area (Å²) in [6, 6.07) is 0. The fraction of sp³-hybridized carbons (Fsp3) is 0.667. The van der Waals surface area contributed by atoms with E-state index in [4.69, 9.17) is 5.11 Å². The van der Waals surface area contributed by atoms with Crippen molar-refractivity contribution in [2.75, 3.05) is 0 Å². The summed E-state index contributed by atoms with van der Waals surface area (Å²) in [5.41, 5.74) is 0. The van der Waals surface area contributed by atoms with Crippen LogP contribution in [0.15, 0.2) is 24.3 Å². The lowest BCUT2D eigenvalue weighted by Crippen LogP contribution is -1.93. The van der Waals surface area contributed by atoms with Crippen LogP contribution < -0.4 is 0 Å². The van der Waals surface area contributed by atoms with E-state index in [0.29, 0.717) is 6.42 Å².